The molecule has 6 unspecified atom stereocenters. The molecule has 0 saturated heterocycles. The Morgan fingerprint density at radius 2 is 1.14 bits per heavy atom. The van der Waals surface area contributed by atoms with E-state index in [2.05, 4.69) is 5.32 Å². The maximum atomic E-state index is 10.5. The molecule has 1 aliphatic carbocycles. The van der Waals surface area contributed by atoms with Gasteiger partial charge in [-0.15, -0.1) is 0 Å². The Kier molecular flexibility index (Phi) is 29.6. The van der Waals surface area contributed by atoms with E-state index in [1.807, 2.05) is 58.0 Å². The van der Waals surface area contributed by atoms with E-state index in [4.69, 9.17) is 48.5 Å². The predicted octanol–water partition coefficient (Wildman–Crippen LogP) is 2.97. The van der Waals surface area contributed by atoms with Gasteiger partial charge in [-0.2, -0.15) is 0 Å². The molecule has 0 heterocycles. The Morgan fingerprint density at radius 1 is 0.680 bits per heavy atom. The van der Waals surface area contributed by atoms with Gasteiger partial charge in [0.1, 0.15) is 30.2 Å². The van der Waals surface area contributed by atoms with E-state index in [1.165, 1.54) is 19.3 Å². The minimum absolute atomic E-state index is 0.0208. The molecule has 2 rings (SSSR count). The minimum Gasteiger partial charge on any atom is -0.480 e. The summed E-state index contributed by atoms with van der Waals surface area (Å²) in [6.07, 6.45) is 7.81. The molecule has 0 radical (unpaired) electrons. The smallest absolute Gasteiger partial charge is 0.320 e. The average molecular weight is 716 g/mol. The van der Waals surface area contributed by atoms with Crippen molar-refractivity contribution in [1.82, 2.24) is 5.32 Å². The van der Waals surface area contributed by atoms with Gasteiger partial charge in [0.15, 0.2) is 0 Å². The van der Waals surface area contributed by atoms with Crippen molar-refractivity contribution in [1.29, 1.82) is 0 Å². The first kappa shape index (κ1) is 50.7. The van der Waals surface area contributed by atoms with E-state index in [1.54, 1.807) is 20.8 Å². The van der Waals surface area contributed by atoms with E-state index in [-0.39, 0.29) is 11.8 Å². The van der Waals surface area contributed by atoms with Crippen molar-refractivity contribution in [3.05, 3.63) is 35.9 Å². The summed E-state index contributed by atoms with van der Waals surface area (Å²) in [5.74, 6) is -4.02. The molecule has 15 heteroatoms. The Hall–Kier alpha value is -3.63. The summed E-state index contributed by atoms with van der Waals surface area (Å²) in [5.41, 5.74) is 21.9. The number of hydrogen-bond donors (Lipinski definition) is 10. The molecule has 6 atom stereocenters. The van der Waals surface area contributed by atoms with Gasteiger partial charge in [-0.3, -0.25) is 24.0 Å². The van der Waals surface area contributed by atoms with E-state index in [9.17, 15) is 24.0 Å². The second-order valence-electron chi connectivity index (χ2n) is 13.1. The first-order valence-electron chi connectivity index (χ1n) is 17.0. The minimum atomic E-state index is -0.959. The van der Waals surface area contributed by atoms with Crippen molar-refractivity contribution >= 4 is 29.8 Å². The zero-order chi connectivity index (χ0) is 39.6. The van der Waals surface area contributed by atoms with Crippen LogP contribution in [0.1, 0.15) is 99.0 Å². The number of carboxylic acid groups (broad SMARTS) is 5. The van der Waals surface area contributed by atoms with Crippen LogP contribution < -0.4 is 28.3 Å². The lowest BCUT2D eigenvalue weighted by molar-refractivity contribution is -0.140. The van der Waals surface area contributed by atoms with Crippen LogP contribution in [0.4, 0.5) is 0 Å². The molecule has 0 aliphatic heterocycles. The second kappa shape index (κ2) is 29.1. The van der Waals surface area contributed by atoms with Crippen molar-refractivity contribution in [3.8, 4) is 0 Å². The number of hydrogen-bond acceptors (Lipinski definition) is 10. The fraction of sp³-hybridized carbons (Fsp3) is 0.686. The Morgan fingerprint density at radius 3 is 1.42 bits per heavy atom. The number of nitrogens with one attached hydrogen (secondary N) is 1. The molecule has 14 N–H and O–H groups in total. The number of rotatable bonds is 14. The third-order valence-corrected chi connectivity index (χ3v) is 7.67. The van der Waals surface area contributed by atoms with E-state index >= 15 is 0 Å². The molecule has 1 fully saturated rings. The van der Waals surface area contributed by atoms with Gasteiger partial charge in [-0.1, -0.05) is 97.6 Å². The number of carbonyl (C=O) groups is 5. The van der Waals surface area contributed by atoms with Gasteiger partial charge >= 0.3 is 29.8 Å². The summed E-state index contributed by atoms with van der Waals surface area (Å²) in [5, 5.41) is 45.2. The highest BCUT2D eigenvalue weighted by Gasteiger charge is 2.19. The van der Waals surface area contributed by atoms with Crippen molar-refractivity contribution in [2.45, 2.75) is 136 Å². The van der Waals surface area contributed by atoms with Crippen molar-refractivity contribution in [3.63, 3.8) is 0 Å². The average Bonchev–Trinajstić information content (AvgIpc) is 3.05. The monoisotopic (exact) mass is 715 g/mol. The van der Waals surface area contributed by atoms with Gasteiger partial charge in [0.05, 0.1) is 0 Å². The molecule has 0 aromatic heterocycles. The van der Waals surface area contributed by atoms with Crippen LogP contribution in [0.15, 0.2) is 30.3 Å². The molecule has 290 valence electrons. The predicted molar refractivity (Wildman–Crippen MR) is 193 cm³/mol. The Labute approximate surface area is 297 Å². The normalized spacial score (nSPS) is 16.0. The fourth-order valence-corrected chi connectivity index (χ4v) is 4.04. The third kappa shape index (κ3) is 28.2. The highest BCUT2D eigenvalue weighted by Crippen LogP contribution is 2.17. The van der Waals surface area contributed by atoms with Crippen LogP contribution in [-0.2, 0) is 30.4 Å². The Bertz CT molecular complexity index is 1080. The lowest BCUT2D eigenvalue weighted by atomic mass is 9.95. The third-order valence-electron chi connectivity index (χ3n) is 7.67. The van der Waals surface area contributed by atoms with Gasteiger partial charge in [-0.25, -0.2) is 0 Å². The zero-order valence-corrected chi connectivity index (χ0v) is 30.8. The van der Waals surface area contributed by atoms with Crippen LogP contribution in [-0.4, -0.2) is 91.6 Å². The van der Waals surface area contributed by atoms with Crippen molar-refractivity contribution in [2.75, 3.05) is 0 Å². The van der Waals surface area contributed by atoms with Crippen molar-refractivity contribution in [2.24, 2.45) is 40.7 Å². The SMILES string of the molecule is CC(C)C(N)C(=O)O.CC(C)CC(N)C(=O)O.CC(NC1CCCCC1)C(=O)O.CCC(C)C(N)C(=O)O.NC(Cc1ccccc1)C(=O)O. The second-order valence-corrected chi connectivity index (χ2v) is 13.1. The number of benzene rings is 1. The molecule has 1 aromatic rings. The van der Waals surface area contributed by atoms with Crippen LogP contribution >= 0.6 is 0 Å². The summed E-state index contributed by atoms with van der Waals surface area (Å²) in [4.78, 5) is 51.2. The summed E-state index contributed by atoms with van der Waals surface area (Å²) >= 11 is 0. The Balaban J connectivity index is -0.000000559. The van der Waals surface area contributed by atoms with Gasteiger partial charge in [0, 0.05) is 6.04 Å². The molecular weight excluding hydrogens is 650 g/mol. The van der Waals surface area contributed by atoms with E-state index in [0.717, 1.165) is 24.8 Å². The van der Waals surface area contributed by atoms with Crippen LogP contribution in [0.2, 0.25) is 0 Å². The number of nitrogens with two attached hydrogens (primary N) is 4. The maximum absolute atomic E-state index is 10.5. The maximum Gasteiger partial charge on any atom is 0.320 e. The molecular formula is C35H65N5O10. The standard InChI is InChI=1S/C9H17NO2.C9H11NO2.2C6H13NO2.C5H11NO2/c1-7(9(11)12)10-8-5-3-2-4-6-8;10-8(9(11)12)6-7-4-2-1-3-5-7;1-4(2)3-5(7)6(8)9;1-3-4(2)5(7)6(8)9;1-3(2)4(6)5(7)8/h7-8,10H,2-6H2,1H3,(H,11,12);1-5,8H,6,10H2,(H,11,12);2*4-5H,3,7H2,1-2H3,(H,8,9);3-4H,6H2,1-2H3,(H,7,8). The lowest BCUT2D eigenvalue weighted by Crippen LogP contribution is -2.42. The van der Waals surface area contributed by atoms with Crippen LogP contribution in [0.25, 0.3) is 0 Å². The van der Waals surface area contributed by atoms with Gasteiger partial charge in [0.25, 0.3) is 0 Å². The highest BCUT2D eigenvalue weighted by atomic mass is 16.4. The van der Waals surface area contributed by atoms with Gasteiger partial charge < -0.3 is 53.8 Å². The van der Waals surface area contributed by atoms with Crippen molar-refractivity contribution < 1.29 is 49.5 Å². The first-order chi connectivity index (χ1) is 23.1. The first-order valence-corrected chi connectivity index (χ1v) is 17.0. The topological polar surface area (TPSA) is 303 Å². The molecule has 1 saturated carbocycles. The van der Waals surface area contributed by atoms with Gasteiger partial charge in [-0.05, 0) is 55.9 Å². The molecule has 50 heavy (non-hydrogen) atoms. The highest BCUT2D eigenvalue weighted by molar-refractivity contribution is 5.74. The summed E-state index contributed by atoms with van der Waals surface area (Å²) in [6, 6.07) is 6.48. The molecule has 1 aliphatic rings. The molecule has 0 spiro atoms. The quantitative estimate of drug-likeness (QED) is 0.132. The number of carboxylic acids is 5. The van der Waals surface area contributed by atoms with E-state index < -0.39 is 60.1 Å². The summed E-state index contributed by atoms with van der Waals surface area (Å²) < 4.78 is 0. The summed E-state index contributed by atoms with van der Waals surface area (Å²) in [7, 11) is 0. The molecule has 15 nitrogen and oxygen atoms in total. The van der Waals surface area contributed by atoms with Crippen LogP contribution in [0, 0.1) is 17.8 Å². The molecule has 1 aromatic carbocycles. The zero-order valence-electron chi connectivity index (χ0n) is 30.8. The largest absolute Gasteiger partial charge is 0.480 e. The van der Waals surface area contributed by atoms with Crippen LogP contribution in [0.5, 0.6) is 0 Å². The fourth-order valence-electron chi connectivity index (χ4n) is 4.04. The molecule has 0 amide bonds. The van der Waals surface area contributed by atoms with E-state index in [0.29, 0.717) is 24.8 Å². The molecule has 0 bridgehead atoms. The summed E-state index contributed by atoms with van der Waals surface area (Å²) in [6.45, 7) is 12.9. The number of aliphatic carboxylic acids is 5. The van der Waals surface area contributed by atoms with Crippen LogP contribution in [0.3, 0.4) is 0 Å². The van der Waals surface area contributed by atoms with Gasteiger partial charge in [0.2, 0.25) is 0 Å². The lowest BCUT2D eigenvalue weighted by Gasteiger charge is -2.24.